The molecule has 1 aliphatic heterocycles. The van der Waals surface area contributed by atoms with Crippen molar-refractivity contribution in [3.63, 3.8) is 0 Å². The van der Waals surface area contributed by atoms with Crippen molar-refractivity contribution >= 4 is 47.3 Å². The highest BCUT2D eigenvalue weighted by atomic mass is 35.5. The number of likely N-dealkylation sites (tertiary alicyclic amines) is 1. The minimum Gasteiger partial charge on any atom is -0.453 e. The van der Waals surface area contributed by atoms with Crippen molar-refractivity contribution in [2.75, 3.05) is 30.8 Å². The number of anilines is 2. The number of amides is 4. The van der Waals surface area contributed by atoms with E-state index in [1.54, 1.807) is 0 Å². The van der Waals surface area contributed by atoms with Crippen LogP contribution in [0.2, 0.25) is 5.02 Å². The molecule has 4 amide bonds. The molecule has 0 spiro atoms. The van der Waals surface area contributed by atoms with Crippen molar-refractivity contribution in [3.05, 3.63) is 90.0 Å². The quantitative estimate of drug-likeness (QED) is 0.225. The summed E-state index contributed by atoms with van der Waals surface area (Å²) in [4.78, 5) is 49.4. The van der Waals surface area contributed by atoms with Crippen LogP contribution in [-0.2, 0) is 19.1 Å². The summed E-state index contributed by atoms with van der Waals surface area (Å²) in [5.74, 6) is -0.622. The van der Waals surface area contributed by atoms with Crippen LogP contribution in [0.5, 0.6) is 0 Å². The van der Waals surface area contributed by atoms with E-state index in [0.29, 0.717) is 42.2 Å². The van der Waals surface area contributed by atoms with Gasteiger partial charge in [0.05, 0.1) is 18.5 Å². The van der Waals surface area contributed by atoms with Crippen LogP contribution >= 0.6 is 11.6 Å². The lowest BCUT2D eigenvalue weighted by Crippen LogP contribution is -2.47. The number of halogens is 1. The van der Waals surface area contributed by atoms with Crippen LogP contribution in [-0.4, -0.2) is 60.0 Å². The lowest BCUT2D eigenvalue weighted by atomic mass is 10.1. The Morgan fingerprint density at radius 2 is 1.49 bits per heavy atom. The van der Waals surface area contributed by atoms with E-state index >= 15 is 0 Å². The second-order valence-corrected chi connectivity index (χ2v) is 10.3. The van der Waals surface area contributed by atoms with E-state index in [1.807, 2.05) is 84.9 Å². The van der Waals surface area contributed by atoms with Gasteiger partial charge in [-0.15, -0.1) is 0 Å². The summed E-state index contributed by atoms with van der Waals surface area (Å²) in [5.41, 5.74) is 5.97. The number of hydrogen-bond acceptors (Lipinski definition) is 5. The zero-order valence-corrected chi connectivity index (χ0v) is 24.1. The molecule has 2 heterocycles. The maximum absolute atomic E-state index is 13.1. The predicted octanol–water partition coefficient (Wildman–Crippen LogP) is 5.32. The number of carbonyl (C=O) groups is 4. The van der Waals surface area contributed by atoms with Gasteiger partial charge in [0.15, 0.2) is 0 Å². The highest BCUT2D eigenvalue weighted by Crippen LogP contribution is 2.34. The summed E-state index contributed by atoms with van der Waals surface area (Å²) in [6.07, 6.45) is 1.18. The smallest absolute Gasteiger partial charge is 0.407 e. The summed E-state index contributed by atoms with van der Waals surface area (Å²) < 4.78 is 6.63. The van der Waals surface area contributed by atoms with E-state index in [-0.39, 0.29) is 18.4 Å². The second kappa shape index (κ2) is 13.3. The second-order valence-electron chi connectivity index (χ2n) is 9.91. The lowest BCUT2D eigenvalue weighted by Gasteiger charge is -2.24. The molecule has 0 unspecified atom stereocenters. The number of nitrogens with one attached hydrogen (secondary N) is 3. The first-order valence-corrected chi connectivity index (χ1v) is 14.1. The summed E-state index contributed by atoms with van der Waals surface area (Å²) in [6, 6.07) is 26.1. The van der Waals surface area contributed by atoms with Gasteiger partial charge in [-0.1, -0.05) is 35.9 Å². The van der Waals surface area contributed by atoms with Crippen molar-refractivity contribution in [2.24, 2.45) is 0 Å². The zero-order valence-electron chi connectivity index (χ0n) is 23.4. The topological polar surface area (TPSA) is 122 Å². The number of carbonyl (C=O) groups excluding carboxylic acids is 4. The maximum Gasteiger partial charge on any atom is 0.407 e. The number of rotatable bonds is 9. The maximum atomic E-state index is 13.1. The highest BCUT2D eigenvalue weighted by molar-refractivity contribution is 6.30. The van der Waals surface area contributed by atoms with Gasteiger partial charge in [-0.3, -0.25) is 14.4 Å². The molecule has 5 rings (SSSR count). The van der Waals surface area contributed by atoms with Crippen LogP contribution in [0.3, 0.4) is 0 Å². The number of hydrogen-bond donors (Lipinski definition) is 3. The predicted molar refractivity (Wildman–Crippen MR) is 165 cm³/mol. The van der Waals surface area contributed by atoms with Gasteiger partial charge in [-0.05, 0) is 84.6 Å². The van der Waals surface area contributed by atoms with Gasteiger partial charge in [-0.25, -0.2) is 4.79 Å². The molecule has 1 fully saturated rings. The Morgan fingerprint density at radius 1 is 0.884 bits per heavy atom. The molecular weight excluding hydrogens is 570 g/mol. The number of benzene rings is 3. The summed E-state index contributed by atoms with van der Waals surface area (Å²) in [6.45, 7) is 0.208. The SMILES string of the molecule is COC(=O)NCC(=O)N1CCC[C@H]1C(=O)Nc1ccc(-c2ccc(-c3ccc(NC=O)cc3)n2-c2ccc(Cl)cc2)cc1. The van der Waals surface area contributed by atoms with Gasteiger partial charge in [0, 0.05) is 28.6 Å². The molecule has 0 saturated carbocycles. The van der Waals surface area contributed by atoms with Crippen molar-refractivity contribution in [2.45, 2.75) is 18.9 Å². The van der Waals surface area contributed by atoms with Crippen LogP contribution in [0, 0.1) is 0 Å². The summed E-state index contributed by atoms with van der Waals surface area (Å²) in [7, 11) is 1.22. The largest absolute Gasteiger partial charge is 0.453 e. The van der Waals surface area contributed by atoms with Crippen LogP contribution in [0.4, 0.5) is 16.2 Å². The first-order valence-electron chi connectivity index (χ1n) is 13.7. The van der Waals surface area contributed by atoms with Crippen molar-refractivity contribution in [1.29, 1.82) is 0 Å². The first-order chi connectivity index (χ1) is 20.9. The van der Waals surface area contributed by atoms with Gasteiger partial charge >= 0.3 is 6.09 Å². The van der Waals surface area contributed by atoms with Gasteiger partial charge < -0.3 is 30.2 Å². The molecule has 1 atom stereocenters. The molecule has 0 aliphatic carbocycles. The van der Waals surface area contributed by atoms with Gasteiger partial charge in [0.1, 0.15) is 12.6 Å². The normalized spacial score (nSPS) is 14.2. The van der Waals surface area contributed by atoms with Crippen LogP contribution in [0.15, 0.2) is 84.9 Å². The number of alkyl carbamates (subject to hydrolysis) is 1. The Balaban J connectivity index is 1.36. The van der Waals surface area contributed by atoms with Gasteiger partial charge in [0.25, 0.3) is 0 Å². The van der Waals surface area contributed by atoms with E-state index in [4.69, 9.17) is 11.6 Å². The Kier molecular flexibility index (Phi) is 9.07. The Bertz CT molecular complexity index is 1620. The minimum atomic E-state index is -0.701. The zero-order chi connectivity index (χ0) is 30.3. The Hall–Kier alpha value is -5.09. The fourth-order valence-corrected chi connectivity index (χ4v) is 5.30. The fourth-order valence-electron chi connectivity index (χ4n) is 5.17. The average molecular weight is 600 g/mol. The van der Waals surface area contributed by atoms with E-state index in [1.165, 1.54) is 12.0 Å². The Morgan fingerprint density at radius 3 is 2.07 bits per heavy atom. The standard InChI is InChI=1S/C32H30ClN5O5/c1-43-32(42)34-19-30(40)37-18-2-3-29(37)31(41)36-25-12-6-22(7-13-25)28-17-16-27(21-4-10-24(11-5-21)35-20-39)38(28)26-14-8-23(33)9-15-26/h4-17,20,29H,2-3,18-19H2,1H3,(H,34,42)(H,35,39)(H,36,41)/t29-/m0/s1. The molecular formula is C32H30ClN5O5. The molecule has 0 radical (unpaired) electrons. The molecule has 11 heteroatoms. The summed E-state index contributed by atoms with van der Waals surface area (Å²) >= 11 is 6.18. The minimum absolute atomic E-state index is 0.236. The monoisotopic (exact) mass is 599 g/mol. The third kappa shape index (κ3) is 6.70. The molecule has 3 aromatic carbocycles. The lowest BCUT2D eigenvalue weighted by molar-refractivity contribution is -0.135. The number of nitrogens with zero attached hydrogens (tertiary/aromatic N) is 2. The molecule has 0 bridgehead atoms. The van der Waals surface area contributed by atoms with E-state index in [9.17, 15) is 19.2 Å². The first kappa shape index (κ1) is 29.4. The third-order valence-corrected chi connectivity index (χ3v) is 7.52. The number of ether oxygens (including phenoxy) is 1. The van der Waals surface area contributed by atoms with Crippen molar-refractivity contribution < 1.29 is 23.9 Å². The van der Waals surface area contributed by atoms with Crippen molar-refractivity contribution in [1.82, 2.24) is 14.8 Å². The van der Waals surface area contributed by atoms with E-state index in [0.717, 1.165) is 28.2 Å². The Labute approximate surface area is 253 Å². The third-order valence-electron chi connectivity index (χ3n) is 7.27. The van der Waals surface area contributed by atoms with Gasteiger partial charge in [0.2, 0.25) is 18.2 Å². The molecule has 1 aliphatic rings. The highest BCUT2D eigenvalue weighted by Gasteiger charge is 2.34. The number of aromatic nitrogens is 1. The molecule has 10 nitrogen and oxygen atoms in total. The molecule has 1 saturated heterocycles. The van der Waals surface area contributed by atoms with Crippen molar-refractivity contribution in [3.8, 4) is 28.2 Å². The molecule has 3 N–H and O–H groups in total. The molecule has 220 valence electrons. The molecule has 1 aromatic heterocycles. The van der Waals surface area contributed by atoms with Crippen LogP contribution in [0.25, 0.3) is 28.2 Å². The number of methoxy groups -OCH3 is 1. The molecule has 4 aromatic rings. The van der Waals surface area contributed by atoms with Crippen LogP contribution < -0.4 is 16.0 Å². The summed E-state index contributed by atoms with van der Waals surface area (Å²) in [5, 5.41) is 8.58. The van der Waals surface area contributed by atoms with E-state index < -0.39 is 12.1 Å². The van der Waals surface area contributed by atoms with E-state index in [2.05, 4.69) is 25.3 Å². The van der Waals surface area contributed by atoms with Gasteiger partial charge in [-0.2, -0.15) is 0 Å². The van der Waals surface area contributed by atoms with Crippen LogP contribution in [0.1, 0.15) is 12.8 Å². The fraction of sp³-hybridized carbons (Fsp3) is 0.188. The average Bonchev–Trinajstić information content (AvgIpc) is 3.70. The molecule has 43 heavy (non-hydrogen) atoms.